The molecule has 121 heavy (non-hydrogen) atoms. The van der Waals surface area contributed by atoms with Crippen molar-refractivity contribution in [2.75, 3.05) is 13.1 Å². The van der Waals surface area contributed by atoms with Crippen molar-refractivity contribution in [1.29, 1.82) is 0 Å². The number of carbonyl (C=O) groups is 4. The molecule has 9 aromatic rings. The van der Waals surface area contributed by atoms with Crippen LogP contribution in [0.1, 0.15) is 418 Å². The highest BCUT2D eigenvalue weighted by atomic mass is 32.2. The minimum absolute atomic E-state index is 0.0131. The maximum Gasteiger partial charge on any atom is 0.263 e. The van der Waals surface area contributed by atoms with E-state index in [-0.39, 0.29) is 58.0 Å². The molecule has 0 radical (unpaired) electrons. The molecule has 0 saturated carbocycles. The van der Waals surface area contributed by atoms with Crippen LogP contribution in [0.25, 0.3) is 33.8 Å². The Morgan fingerprint density at radius 2 is 0.760 bits per heavy atom. The van der Waals surface area contributed by atoms with Crippen LogP contribution in [-0.4, -0.2) is 46.5 Å². The van der Waals surface area contributed by atoms with Gasteiger partial charge in [-0.15, -0.1) is 68.4 Å². The van der Waals surface area contributed by atoms with E-state index < -0.39 is 10.8 Å². The van der Waals surface area contributed by atoms with Gasteiger partial charge < -0.3 is 0 Å². The summed E-state index contributed by atoms with van der Waals surface area (Å²) in [7, 11) is 0. The molecule has 5 aromatic heterocycles. The minimum atomic E-state index is -0.728. The van der Waals surface area contributed by atoms with Crippen molar-refractivity contribution in [3.63, 3.8) is 0 Å². The van der Waals surface area contributed by atoms with Crippen LogP contribution in [0, 0.1) is 41.4 Å². The Bertz CT molecular complexity index is 4980. The Labute approximate surface area is 753 Å². The molecule has 6 nitrogen and oxygen atoms in total. The van der Waals surface area contributed by atoms with Gasteiger partial charge in [0.2, 0.25) is 0 Å². The van der Waals surface area contributed by atoms with E-state index in [1.165, 1.54) is 191 Å². The van der Waals surface area contributed by atoms with Gasteiger partial charge >= 0.3 is 0 Å². The highest BCUT2D eigenvalue weighted by Gasteiger charge is 2.61. The van der Waals surface area contributed by atoms with E-state index in [9.17, 15) is 0 Å². The van der Waals surface area contributed by atoms with Crippen LogP contribution in [0.15, 0.2) is 109 Å². The van der Waals surface area contributed by atoms with Crippen LogP contribution < -0.4 is 0 Å². The van der Waals surface area contributed by atoms with Crippen molar-refractivity contribution in [3.05, 3.63) is 212 Å². The number of fused-ring (bicyclic) bond motifs is 11. The third kappa shape index (κ3) is 17.1. The fourth-order valence-electron chi connectivity index (χ4n) is 21.3. The molecule has 0 fully saturated rings. The number of imide groups is 2. The molecular weight excluding hydrogens is 1590 g/mol. The molecule has 4 aromatic carbocycles. The zero-order valence-electron chi connectivity index (χ0n) is 76.7. The number of amides is 4. The fourth-order valence-corrected chi connectivity index (χ4v) is 30.7. The van der Waals surface area contributed by atoms with Crippen LogP contribution in [0.3, 0.4) is 0 Å². The van der Waals surface area contributed by atoms with E-state index in [1.807, 2.05) is 11.8 Å². The number of carbonyl (C=O) groups excluding carboxylic acids is 4. The third-order valence-corrected chi connectivity index (χ3v) is 38.6. The van der Waals surface area contributed by atoms with Gasteiger partial charge in [-0.1, -0.05) is 362 Å². The van der Waals surface area contributed by atoms with Crippen LogP contribution in [0.5, 0.6) is 0 Å². The predicted octanol–water partition coefficient (Wildman–Crippen LogP) is 32.8. The molecule has 8 heterocycles. The van der Waals surface area contributed by atoms with Gasteiger partial charge in [0.25, 0.3) is 23.6 Å². The number of nitrogens with zero attached hydrogens (tertiary/aromatic N) is 2. The molecule has 9 atom stereocenters. The highest BCUT2D eigenvalue weighted by Crippen LogP contribution is 2.75. The normalized spacial score (nSPS) is 19.7. The smallest absolute Gasteiger partial charge is 0.263 e. The summed E-state index contributed by atoms with van der Waals surface area (Å²) in [5.74, 6) is 1.68. The first kappa shape index (κ1) is 91.2. The summed E-state index contributed by atoms with van der Waals surface area (Å²) in [6.45, 7) is 40.0. The Hall–Kier alpha value is -5.99. The van der Waals surface area contributed by atoms with Gasteiger partial charge in [-0.3, -0.25) is 29.0 Å². The quantitative estimate of drug-likeness (QED) is 0.0355. The van der Waals surface area contributed by atoms with E-state index in [4.69, 9.17) is 0 Å². The molecule has 0 spiro atoms. The first-order valence-electron chi connectivity index (χ1n) is 48.3. The zero-order valence-corrected chi connectivity index (χ0v) is 81.6. The number of rotatable bonds is 46. The number of thiophene rings is 5. The largest absolute Gasteiger partial charge is 0.274 e. The maximum absolute atomic E-state index is 16.4. The second-order valence-electron chi connectivity index (χ2n) is 38.0. The van der Waals surface area contributed by atoms with Gasteiger partial charge in [-0.05, 0) is 154 Å². The summed E-state index contributed by atoms with van der Waals surface area (Å²) in [5.41, 5.74) is 15.6. The summed E-state index contributed by atoms with van der Waals surface area (Å²) in [6, 6.07) is 43.2. The van der Waals surface area contributed by atoms with Gasteiger partial charge in [0.15, 0.2) is 0 Å². The van der Waals surface area contributed by atoms with Gasteiger partial charge in [0.05, 0.1) is 67.2 Å². The fraction of sp³-hybridized carbons (Fsp3) is 0.560. The standard InChI is InChI=1S/C109H142N2O4S6/c1-18-32-38-69(25-8)60-75-44-52-79(53-45-75)108(80-54-46-76(47-55-80)61-70(26-9)39-33-19-2)83-64-85(96-88-90(106(115)111(104(88)113)67-74(30-13)43-37-23-6)98(119-96)97-89-87(93(118-97)68(15)24-7)103(112)110(105(89)114)66-73(29-12)42-36-22-5)116-94(83)99-91(108)101-102(120-99)92-100(121-101)95-84(65-86(117-95)107(16,17)31-14)109(92,81-56-48-77(49-57-81)62-71(27-10)40-34-20-3)82-58-50-78(51-59-82)63-72(28-11)41-35-21-4/h44-59,64-65,68-74,83,94H,18-43,60-63,66-67H2,1-17H3. The van der Waals surface area contributed by atoms with Crippen molar-refractivity contribution in [3.8, 4) is 19.5 Å². The highest BCUT2D eigenvalue weighted by molar-refractivity contribution is 8.09. The summed E-state index contributed by atoms with van der Waals surface area (Å²) in [5, 5.41) is -0.0847. The molecule has 2 aliphatic carbocycles. The summed E-state index contributed by atoms with van der Waals surface area (Å²) >= 11 is 11.2. The van der Waals surface area contributed by atoms with E-state index in [0.717, 1.165) is 117 Å². The first-order valence-corrected chi connectivity index (χ1v) is 53.2. The lowest BCUT2D eigenvalue weighted by Crippen LogP contribution is -2.35. The SMILES string of the molecule is CCCCC(CC)Cc1ccc(C2(c3ccc(CC(CC)CCCC)cc3)c3cc(C(C)(C)CC)sc3-c3sc4c5c(sc4c32)C2SC(c3sc(-c4sc(C(C)CC)c6c4C(=O)N(CC(CC)CCCC)C6=O)c4c3C(=O)N(CC(CC)CCCC)C4=O)=CC2C5(c2ccc(CC(CC)CCCC)cc2)c2ccc(CC(CC)CCCC)cc2)cc1. The predicted molar refractivity (Wildman–Crippen MR) is 524 cm³/mol. The van der Waals surface area contributed by atoms with Crippen LogP contribution in [0.2, 0.25) is 0 Å². The van der Waals surface area contributed by atoms with Crippen LogP contribution in [-0.2, 0) is 41.9 Å². The number of thioether (sulfide) groups is 1. The Morgan fingerprint density at radius 1 is 0.388 bits per heavy atom. The number of unbranched alkanes of at least 4 members (excludes halogenated alkanes) is 6. The molecule has 0 N–H and O–H groups in total. The molecular formula is C109H142N2O4S6. The van der Waals surface area contributed by atoms with Crippen molar-refractivity contribution in [1.82, 2.24) is 9.80 Å². The average molecular weight is 1740 g/mol. The molecule has 0 bridgehead atoms. The van der Waals surface area contributed by atoms with Gasteiger partial charge in [-0.2, -0.15) is 0 Å². The minimum Gasteiger partial charge on any atom is -0.274 e. The van der Waals surface area contributed by atoms with Gasteiger partial charge in [0.1, 0.15) is 0 Å². The molecule has 3 aliphatic heterocycles. The van der Waals surface area contributed by atoms with E-state index >= 15 is 19.2 Å². The summed E-state index contributed by atoms with van der Waals surface area (Å²) in [4.78, 5) is 76.6. The summed E-state index contributed by atoms with van der Waals surface area (Å²) < 4.78 is 2.78. The number of allylic oxidation sites excluding steroid dienone is 1. The average Bonchev–Trinajstić information content (AvgIpc) is 1.48. The Morgan fingerprint density at radius 3 is 1.16 bits per heavy atom. The molecule has 0 saturated heterocycles. The maximum atomic E-state index is 16.4. The van der Waals surface area contributed by atoms with Gasteiger partial charge in [-0.25, -0.2) is 0 Å². The number of benzene rings is 4. The van der Waals surface area contributed by atoms with Gasteiger partial charge in [0, 0.05) is 54.5 Å². The molecule has 4 amide bonds. The van der Waals surface area contributed by atoms with E-state index in [2.05, 4.69) is 261 Å². The second kappa shape index (κ2) is 39.9. The van der Waals surface area contributed by atoms with Crippen LogP contribution >= 0.6 is 68.4 Å². The van der Waals surface area contributed by atoms with E-state index in [1.54, 1.807) is 21.1 Å². The Balaban J connectivity index is 1.05. The molecule has 9 unspecified atom stereocenters. The second-order valence-corrected chi connectivity index (χ2v) is 44.3. The molecule has 648 valence electrons. The van der Waals surface area contributed by atoms with Crippen molar-refractivity contribution >= 4 is 106 Å². The zero-order chi connectivity index (χ0) is 85.8. The molecule has 14 rings (SSSR count). The number of hydrogen-bond donors (Lipinski definition) is 0. The van der Waals surface area contributed by atoms with Crippen molar-refractivity contribution < 1.29 is 19.2 Å². The van der Waals surface area contributed by atoms with E-state index in [0.29, 0.717) is 68.8 Å². The lowest BCUT2D eigenvalue weighted by molar-refractivity contribution is 0.0608. The molecule has 12 heteroatoms. The van der Waals surface area contributed by atoms with Crippen molar-refractivity contribution in [2.45, 2.75) is 338 Å². The van der Waals surface area contributed by atoms with Crippen LogP contribution in [0.4, 0.5) is 0 Å². The monoisotopic (exact) mass is 1730 g/mol. The first-order chi connectivity index (χ1) is 58.7. The number of hydrogen-bond acceptors (Lipinski definition) is 10. The summed E-state index contributed by atoms with van der Waals surface area (Å²) in [6.07, 6.45) is 35.8. The lowest BCUT2D eigenvalue weighted by Gasteiger charge is -2.37. The lowest BCUT2D eigenvalue weighted by atomic mass is 9.64. The topological polar surface area (TPSA) is 74.8 Å². The molecule has 5 aliphatic rings. The Kier molecular flexibility index (Phi) is 30.1. The van der Waals surface area contributed by atoms with Crippen molar-refractivity contribution in [2.24, 2.45) is 41.4 Å². The third-order valence-electron chi connectivity index (χ3n) is 29.9.